The van der Waals surface area contributed by atoms with E-state index < -0.39 is 6.10 Å². The van der Waals surface area contributed by atoms with Gasteiger partial charge in [0, 0.05) is 35.6 Å². The molecule has 7 nitrogen and oxygen atoms in total. The van der Waals surface area contributed by atoms with Crippen molar-refractivity contribution in [3.63, 3.8) is 0 Å². The molecule has 0 aliphatic heterocycles. The van der Waals surface area contributed by atoms with E-state index in [1.165, 1.54) is 0 Å². The predicted octanol–water partition coefficient (Wildman–Crippen LogP) is 6.99. The van der Waals surface area contributed by atoms with Crippen molar-refractivity contribution in [1.82, 2.24) is 5.16 Å². The van der Waals surface area contributed by atoms with Crippen molar-refractivity contribution < 1.29 is 27.9 Å². The van der Waals surface area contributed by atoms with Crippen molar-refractivity contribution in [2.75, 3.05) is 13.2 Å². The summed E-state index contributed by atoms with van der Waals surface area (Å²) in [6, 6.07) is 21.5. The molecule has 0 amide bonds. The first-order valence-corrected chi connectivity index (χ1v) is 12.9. The Morgan fingerprint density at radius 1 is 0.921 bits per heavy atom. The molecule has 0 aliphatic rings. The van der Waals surface area contributed by atoms with Gasteiger partial charge in [-0.15, -0.1) is 0 Å². The minimum Gasteiger partial charge on any atom is -0.486 e. The zero-order valence-corrected chi connectivity index (χ0v) is 22.7. The number of benzene rings is 2. The summed E-state index contributed by atoms with van der Waals surface area (Å²) in [6.45, 7) is 11.0. The Hall–Kier alpha value is -3.84. The fourth-order valence-electron chi connectivity index (χ4n) is 3.92. The number of esters is 1. The minimum absolute atomic E-state index is 0.0867. The van der Waals surface area contributed by atoms with Gasteiger partial charge in [0.2, 0.25) is 0 Å². The molecule has 4 rings (SSSR count). The number of nitrogens with zero attached hydrogens (tertiary/aromatic N) is 1. The molecule has 0 N–H and O–H groups in total. The summed E-state index contributed by atoms with van der Waals surface area (Å²) in [6.07, 6.45) is -0.166. The van der Waals surface area contributed by atoms with Gasteiger partial charge in [-0.1, -0.05) is 62.3 Å². The van der Waals surface area contributed by atoms with Gasteiger partial charge in [-0.05, 0) is 43.7 Å². The van der Waals surface area contributed by atoms with E-state index in [1.807, 2.05) is 73.7 Å². The van der Waals surface area contributed by atoms with Crippen molar-refractivity contribution in [3.05, 3.63) is 83.8 Å². The lowest BCUT2D eigenvalue weighted by Crippen LogP contribution is -2.28. The highest BCUT2D eigenvalue weighted by Gasteiger charge is 2.21. The van der Waals surface area contributed by atoms with Crippen LogP contribution in [0.5, 0.6) is 5.75 Å². The number of rotatable bonds is 11. The maximum Gasteiger partial charge on any atom is 0.335 e. The smallest absolute Gasteiger partial charge is 0.335 e. The van der Waals surface area contributed by atoms with Crippen LogP contribution in [0.15, 0.2) is 75.7 Å². The average Bonchev–Trinajstić information content (AvgIpc) is 3.59. The maximum atomic E-state index is 12.1. The molecule has 1 atom stereocenters. The molecule has 0 unspecified atom stereocenters. The van der Waals surface area contributed by atoms with Crippen LogP contribution in [0.4, 0.5) is 0 Å². The molecular formula is C31H35NO6. The number of carbonyl (C=O) groups is 1. The fraction of sp³-hybridized carbons (Fsp3) is 0.355. The van der Waals surface area contributed by atoms with E-state index in [0.717, 1.165) is 39.7 Å². The van der Waals surface area contributed by atoms with Crippen molar-refractivity contribution in [1.29, 1.82) is 0 Å². The van der Waals surface area contributed by atoms with Gasteiger partial charge >= 0.3 is 5.97 Å². The summed E-state index contributed by atoms with van der Waals surface area (Å²) < 4.78 is 28.1. The summed E-state index contributed by atoms with van der Waals surface area (Å²) in [5.74, 6) is 2.71. The van der Waals surface area contributed by atoms with Gasteiger partial charge in [-0.25, -0.2) is 4.79 Å². The molecule has 0 aliphatic carbocycles. The molecule has 2 heterocycles. The number of ether oxygens (including phenoxy) is 3. The lowest BCUT2D eigenvalue weighted by Gasteiger charge is -2.15. The number of hydrogen-bond donors (Lipinski definition) is 0. The monoisotopic (exact) mass is 517 g/mol. The zero-order valence-electron chi connectivity index (χ0n) is 22.7. The molecule has 200 valence electrons. The summed E-state index contributed by atoms with van der Waals surface area (Å²) in [4.78, 5) is 12.1. The third-order valence-electron chi connectivity index (χ3n) is 6.02. The van der Waals surface area contributed by atoms with Gasteiger partial charge in [-0.2, -0.15) is 0 Å². The minimum atomic E-state index is -0.612. The molecular weight excluding hydrogens is 482 g/mol. The second kappa shape index (κ2) is 12.1. The summed E-state index contributed by atoms with van der Waals surface area (Å²) in [7, 11) is 0. The Kier molecular flexibility index (Phi) is 8.69. The second-order valence-corrected chi connectivity index (χ2v) is 10.0. The van der Waals surface area contributed by atoms with Crippen molar-refractivity contribution in [2.24, 2.45) is 0 Å². The van der Waals surface area contributed by atoms with Gasteiger partial charge in [0.05, 0.1) is 6.61 Å². The molecule has 0 radical (unpaired) electrons. The Morgan fingerprint density at radius 2 is 1.63 bits per heavy atom. The molecule has 0 saturated heterocycles. The van der Waals surface area contributed by atoms with E-state index in [0.29, 0.717) is 32.0 Å². The molecule has 2 aromatic carbocycles. The van der Waals surface area contributed by atoms with E-state index >= 15 is 0 Å². The first-order chi connectivity index (χ1) is 18.3. The fourth-order valence-corrected chi connectivity index (χ4v) is 3.92. The molecule has 4 aromatic rings. The third kappa shape index (κ3) is 6.92. The molecule has 2 aromatic heterocycles. The van der Waals surface area contributed by atoms with Gasteiger partial charge in [0.25, 0.3) is 0 Å². The van der Waals surface area contributed by atoms with Crippen LogP contribution in [0.3, 0.4) is 0 Å². The normalized spacial score (nSPS) is 12.3. The molecule has 7 heteroatoms. The Balaban J connectivity index is 1.33. The number of aromatic nitrogens is 1. The van der Waals surface area contributed by atoms with Crippen LogP contribution in [0, 0.1) is 0 Å². The summed E-state index contributed by atoms with van der Waals surface area (Å²) in [5, 5.41) is 4.21. The first-order valence-electron chi connectivity index (χ1n) is 12.9. The Morgan fingerprint density at radius 3 is 2.26 bits per heavy atom. The lowest BCUT2D eigenvalue weighted by atomic mass is 9.93. The highest BCUT2D eigenvalue weighted by molar-refractivity contribution is 5.75. The van der Waals surface area contributed by atoms with E-state index in [1.54, 1.807) is 6.92 Å². The van der Waals surface area contributed by atoms with Crippen LogP contribution in [0.1, 0.15) is 51.7 Å². The van der Waals surface area contributed by atoms with Crippen LogP contribution in [0.25, 0.3) is 22.6 Å². The number of furan rings is 1. The van der Waals surface area contributed by atoms with Crippen molar-refractivity contribution in [2.45, 2.75) is 59.2 Å². The standard InChI is InChI=1S/C31H35NO6/c1-6-34-28(30(33)35-7-2)18-21-8-14-24(15-9-21)36-20-25-16-17-27(37-25)23-12-10-22(11-13-23)26-19-29(38-32-26)31(3,4)5/h8-17,19,28H,6-7,18,20H2,1-5H3/t28-/m0/s1. The van der Waals surface area contributed by atoms with E-state index in [2.05, 4.69) is 25.9 Å². The predicted molar refractivity (Wildman–Crippen MR) is 145 cm³/mol. The topological polar surface area (TPSA) is 83.9 Å². The zero-order chi connectivity index (χ0) is 27.1. The summed E-state index contributed by atoms with van der Waals surface area (Å²) >= 11 is 0. The first kappa shape index (κ1) is 27.2. The van der Waals surface area contributed by atoms with Gasteiger partial charge < -0.3 is 23.2 Å². The van der Waals surface area contributed by atoms with Gasteiger partial charge in [0.1, 0.15) is 35.3 Å². The number of carbonyl (C=O) groups excluding carboxylic acids is 1. The van der Waals surface area contributed by atoms with Crippen molar-refractivity contribution in [3.8, 4) is 28.3 Å². The van der Waals surface area contributed by atoms with Crippen LogP contribution in [0.2, 0.25) is 0 Å². The molecule has 0 fully saturated rings. The van der Waals surface area contributed by atoms with E-state index in [-0.39, 0.29) is 11.4 Å². The Labute approximate surface area is 223 Å². The average molecular weight is 518 g/mol. The Bertz CT molecular complexity index is 1310. The quantitative estimate of drug-likeness (QED) is 0.198. The third-order valence-corrected chi connectivity index (χ3v) is 6.02. The van der Waals surface area contributed by atoms with Crippen LogP contribution >= 0.6 is 0 Å². The lowest BCUT2D eigenvalue weighted by molar-refractivity contribution is -0.156. The number of hydrogen-bond acceptors (Lipinski definition) is 7. The van der Waals surface area contributed by atoms with E-state index in [9.17, 15) is 4.79 Å². The molecule has 0 bridgehead atoms. The summed E-state index contributed by atoms with van der Waals surface area (Å²) in [5.41, 5.74) is 3.65. The van der Waals surface area contributed by atoms with E-state index in [4.69, 9.17) is 23.2 Å². The van der Waals surface area contributed by atoms with Gasteiger partial charge in [-0.3, -0.25) is 0 Å². The molecule has 0 spiro atoms. The van der Waals surface area contributed by atoms with Crippen LogP contribution in [-0.4, -0.2) is 30.4 Å². The van der Waals surface area contributed by atoms with Crippen molar-refractivity contribution >= 4 is 5.97 Å². The SMILES string of the molecule is CCOC(=O)[C@H](Cc1ccc(OCc2ccc(-c3ccc(-c4cc(C(C)(C)C)on4)cc3)o2)cc1)OCC. The molecule has 0 saturated carbocycles. The largest absolute Gasteiger partial charge is 0.486 e. The highest BCUT2D eigenvalue weighted by atomic mass is 16.6. The second-order valence-electron chi connectivity index (χ2n) is 10.0. The van der Waals surface area contributed by atoms with Gasteiger partial charge in [0.15, 0.2) is 6.10 Å². The van der Waals surface area contributed by atoms with Crippen LogP contribution < -0.4 is 4.74 Å². The molecule has 38 heavy (non-hydrogen) atoms. The maximum absolute atomic E-state index is 12.1. The van der Waals surface area contributed by atoms with Crippen LogP contribution in [-0.2, 0) is 32.7 Å². The highest BCUT2D eigenvalue weighted by Crippen LogP contribution is 2.30.